The molecular formula is C15H20N4O. The summed E-state index contributed by atoms with van der Waals surface area (Å²) in [6.07, 6.45) is 3.08. The first-order valence-corrected chi connectivity index (χ1v) is 6.65. The largest absolute Gasteiger partial charge is 0.399 e. The van der Waals surface area contributed by atoms with Gasteiger partial charge in [0.05, 0.1) is 5.69 Å². The number of rotatable bonds is 5. The number of hydrogen-bond acceptors (Lipinski definition) is 3. The van der Waals surface area contributed by atoms with Crippen LogP contribution in [0.2, 0.25) is 0 Å². The molecule has 2 rings (SSSR count). The molecule has 0 saturated heterocycles. The summed E-state index contributed by atoms with van der Waals surface area (Å²) in [6, 6.07) is 7.63. The van der Waals surface area contributed by atoms with E-state index in [1.807, 2.05) is 44.4 Å². The van der Waals surface area contributed by atoms with E-state index in [9.17, 15) is 4.79 Å². The molecule has 1 heterocycles. The third-order valence-electron chi connectivity index (χ3n) is 3.18. The second kappa shape index (κ2) is 6.23. The number of nitrogens with two attached hydrogens (primary N) is 1. The van der Waals surface area contributed by atoms with Gasteiger partial charge in [0.1, 0.15) is 0 Å². The highest BCUT2D eigenvalue weighted by Gasteiger charge is 2.06. The van der Waals surface area contributed by atoms with E-state index < -0.39 is 0 Å². The molecule has 0 radical (unpaired) electrons. The standard InChI is InChI=1S/C15H20N4O/c1-11-13(10-19(2)18-11)9-17-15(20)7-6-12-4-3-5-14(16)8-12/h3-5,8,10H,6-7,9,16H2,1-2H3,(H,17,20). The summed E-state index contributed by atoms with van der Waals surface area (Å²) in [6.45, 7) is 2.46. The Morgan fingerprint density at radius 1 is 1.45 bits per heavy atom. The number of anilines is 1. The Hall–Kier alpha value is -2.30. The van der Waals surface area contributed by atoms with E-state index in [4.69, 9.17) is 5.73 Å². The maximum atomic E-state index is 11.8. The van der Waals surface area contributed by atoms with Gasteiger partial charge >= 0.3 is 0 Å². The fourth-order valence-electron chi connectivity index (χ4n) is 2.11. The normalized spacial score (nSPS) is 10.5. The maximum absolute atomic E-state index is 11.8. The first-order chi connectivity index (χ1) is 9.54. The molecule has 5 heteroatoms. The molecule has 1 amide bonds. The maximum Gasteiger partial charge on any atom is 0.220 e. The minimum Gasteiger partial charge on any atom is -0.399 e. The fraction of sp³-hybridized carbons (Fsp3) is 0.333. The van der Waals surface area contributed by atoms with Gasteiger partial charge in [-0.3, -0.25) is 9.48 Å². The highest BCUT2D eigenvalue weighted by atomic mass is 16.1. The Bertz CT molecular complexity index is 604. The van der Waals surface area contributed by atoms with Crippen LogP contribution in [0.3, 0.4) is 0 Å². The van der Waals surface area contributed by atoms with Crippen LogP contribution < -0.4 is 11.1 Å². The van der Waals surface area contributed by atoms with Crippen molar-refractivity contribution >= 4 is 11.6 Å². The van der Waals surface area contributed by atoms with E-state index in [0.717, 1.165) is 22.5 Å². The molecule has 106 valence electrons. The van der Waals surface area contributed by atoms with Crippen LogP contribution in [0, 0.1) is 6.92 Å². The predicted molar refractivity (Wildman–Crippen MR) is 79.0 cm³/mol. The van der Waals surface area contributed by atoms with Gasteiger partial charge < -0.3 is 11.1 Å². The molecule has 0 bridgehead atoms. The summed E-state index contributed by atoms with van der Waals surface area (Å²) in [7, 11) is 1.87. The van der Waals surface area contributed by atoms with Crippen molar-refractivity contribution in [1.82, 2.24) is 15.1 Å². The highest BCUT2D eigenvalue weighted by molar-refractivity contribution is 5.76. The van der Waals surface area contributed by atoms with Crippen molar-refractivity contribution in [2.75, 3.05) is 5.73 Å². The molecule has 20 heavy (non-hydrogen) atoms. The van der Waals surface area contributed by atoms with Gasteiger partial charge in [0.15, 0.2) is 0 Å². The number of amides is 1. The topological polar surface area (TPSA) is 72.9 Å². The second-order valence-electron chi connectivity index (χ2n) is 4.94. The zero-order valence-electron chi connectivity index (χ0n) is 11.9. The minimum absolute atomic E-state index is 0.0377. The fourth-order valence-corrected chi connectivity index (χ4v) is 2.11. The zero-order valence-corrected chi connectivity index (χ0v) is 11.9. The number of aryl methyl sites for hydroxylation is 3. The molecule has 2 aromatic rings. The molecule has 1 aromatic carbocycles. The Balaban J connectivity index is 1.80. The van der Waals surface area contributed by atoms with Crippen molar-refractivity contribution in [2.24, 2.45) is 7.05 Å². The highest BCUT2D eigenvalue weighted by Crippen LogP contribution is 2.09. The lowest BCUT2D eigenvalue weighted by molar-refractivity contribution is -0.121. The molecule has 0 spiro atoms. The van der Waals surface area contributed by atoms with E-state index >= 15 is 0 Å². The molecule has 5 nitrogen and oxygen atoms in total. The van der Waals surface area contributed by atoms with E-state index in [-0.39, 0.29) is 5.91 Å². The van der Waals surface area contributed by atoms with Crippen molar-refractivity contribution in [3.63, 3.8) is 0 Å². The molecule has 0 fully saturated rings. The van der Waals surface area contributed by atoms with Gasteiger partial charge in [0.2, 0.25) is 5.91 Å². The average Bonchev–Trinajstić information content (AvgIpc) is 2.72. The van der Waals surface area contributed by atoms with Gasteiger partial charge in [0.25, 0.3) is 0 Å². The van der Waals surface area contributed by atoms with Crippen LogP contribution in [-0.2, 0) is 24.8 Å². The van der Waals surface area contributed by atoms with E-state index in [0.29, 0.717) is 19.4 Å². The summed E-state index contributed by atoms with van der Waals surface area (Å²) in [5.41, 5.74) is 9.51. The number of aromatic nitrogens is 2. The molecular weight excluding hydrogens is 252 g/mol. The molecule has 0 atom stereocenters. The van der Waals surface area contributed by atoms with Crippen molar-refractivity contribution in [2.45, 2.75) is 26.3 Å². The van der Waals surface area contributed by atoms with Gasteiger partial charge in [-0.15, -0.1) is 0 Å². The average molecular weight is 272 g/mol. The number of nitrogens with one attached hydrogen (secondary N) is 1. The predicted octanol–water partition coefficient (Wildman–Crippen LogP) is 1.56. The van der Waals surface area contributed by atoms with Crippen molar-refractivity contribution in [3.05, 3.63) is 47.3 Å². The summed E-state index contributed by atoms with van der Waals surface area (Å²) < 4.78 is 1.75. The van der Waals surface area contributed by atoms with Crippen molar-refractivity contribution in [3.8, 4) is 0 Å². The Morgan fingerprint density at radius 2 is 2.25 bits per heavy atom. The summed E-state index contributed by atoms with van der Waals surface area (Å²) in [5, 5.41) is 7.16. The lowest BCUT2D eigenvalue weighted by Crippen LogP contribution is -2.23. The van der Waals surface area contributed by atoms with Crippen molar-refractivity contribution < 1.29 is 4.79 Å². The Kier molecular flexibility index (Phi) is 4.40. The molecule has 0 aliphatic rings. The van der Waals surface area contributed by atoms with Crippen LogP contribution in [0.5, 0.6) is 0 Å². The number of hydrogen-bond donors (Lipinski definition) is 2. The third-order valence-corrected chi connectivity index (χ3v) is 3.18. The zero-order chi connectivity index (χ0) is 14.5. The second-order valence-corrected chi connectivity index (χ2v) is 4.94. The summed E-state index contributed by atoms with van der Waals surface area (Å²) in [5.74, 6) is 0.0377. The quantitative estimate of drug-likeness (QED) is 0.811. The van der Waals surface area contributed by atoms with Gasteiger partial charge in [-0.05, 0) is 31.0 Å². The molecule has 0 unspecified atom stereocenters. The SMILES string of the molecule is Cc1nn(C)cc1CNC(=O)CCc1cccc(N)c1. The van der Waals surface area contributed by atoms with E-state index in [1.54, 1.807) is 4.68 Å². The van der Waals surface area contributed by atoms with E-state index in [2.05, 4.69) is 10.4 Å². The van der Waals surface area contributed by atoms with Crippen LogP contribution >= 0.6 is 0 Å². The monoisotopic (exact) mass is 272 g/mol. The molecule has 3 N–H and O–H groups in total. The summed E-state index contributed by atoms with van der Waals surface area (Å²) >= 11 is 0. The van der Waals surface area contributed by atoms with Crippen molar-refractivity contribution in [1.29, 1.82) is 0 Å². The van der Waals surface area contributed by atoms with Gasteiger partial charge in [-0.2, -0.15) is 5.10 Å². The smallest absolute Gasteiger partial charge is 0.220 e. The number of benzene rings is 1. The van der Waals surface area contributed by atoms with Crippen LogP contribution in [0.15, 0.2) is 30.5 Å². The van der Waals surface area contributed by atoms with Gasteiger partial charge in [-0.25, -0.2) is 0 Å². The number of nitrogens with zero attached hydrogens (tertiary/aromatic N) is 2. The van der Waals surface area contributed by atoms with Gasteiger partial charge in [-0.1, -0.05) is 12.1 Å². The minimum atomic E-state index is 0.0377. The molecule has 0 aliphatic heterocycles. The van der Waals surface area contributed by atoms with Crippen LogP contribution in [-0.4, -0.2) is 15.7 Å². The molecule has 0 aliphatic carbocycles. The molecule has 0 saturated carbocycles. The Morgan fingerprint density at radius 3 is 2.90 bits per heavy atom. The first kappa shape index (κ1) is 14.1. The molecule has 1 aromatic heterocycles. The number of carbonyl (C=O) groups excluding carboxylic acids is 1. The van der Waals surface area contributed by atoms with Gasteiger partial charge in [0, 0.05) is 37.5 Å². The lowest BCUT2D eigenvalue weighted by Gasteiger charge is -2.05. The Labute approximate surface area is 118 Å². The number of carbonyl (C=O) groups is 1. The summed E-state index contributed by atoms with van der Waals surface area (Å²) in [4.78, 5) is 11.8. The lowest BCUT2D eigenvalue weighted by atomic mass is 10.1. The van der Waals surface area contributed by atoms with Crippen LogP contribution in [0.25, 0.3) is 0 Å². The van der Waals surface area contributed by atoms with Crippen LogP contribution in [0.1, 0.15) is 23.2 Å². The number of nitrogen functional groups attached to an aromatic ring is 1. The third kappa shape index (κ3) is 3.85. The first-order valence-electron chi connectivity index (χ1n) is 6.65. The van der Waals surface area contributed by atoms with E-state index in [1.165, 1.54) is 0 Å². The van der Waals surface area contributed by atoms with Crippen LogP contribution in [0.4, 0.5) is 5.69 Å².